The van der Waals surface area contributed by atoms with E-state index in [-0.39, 0.29) is 12.5 Å². The van der Waals surface area contributed by atoms with Crippen molar-refractivity contribution >= 4 is 27.5 Å². The lowest BCUT2D eigenvalue weighted by Gasteiger charge is -2.41. The van der Waals surface area contributed by atoms with Crippen LogP contribution in [0, 0.1) is 5.92 Å². The normalized spacial score (nSPS) is 29.9. The van der Waals surface area contributed by atoms with Crippen LogP contribution in [0.3, 0.4) is 0 Å². The number of aliphatic hydroxyl groups is 2. The van der Waals surface area contributed by atoms with Crippen molar-refractivity contribution in [3.8, 4) is 5.75 Å². The minimum atomic E-state index is -1.49. The van der Waals surface area contributed by atoms with E-state index in [0.717, 1.165) is 15.6 Å². The summed E-state index contributed by atoms with van der Waals surface area (Å²) in [7, 11) is 0. The highest BCUT2D eigenvalue weighted by Crippen LogP contribution is 2.68. The molecule has 3 aromatic rings. The van der Waals surface area contributed by atoms with Crippen molar-refractivity contribution < 1.29 is 14.9 Å². The Morgan fingerprint density at radius 2 is 1.86 bits per heavy atom. The fourth-order valence-corrected chi connectivity index (χ4v) is 5.52. The molecule has 0 unspecified atom stereocenters. The molecule has 2 aliphatic rings. The first kappa shape index (κ1) is 19.1. The molecule has 2 N–H and O–H groups in total. The molecule has 0 amide bonds. The second kappa shape index (κ2) is 6.81. The van der Waals surface area contributed by atoms with Gasteiger partial charge in [0.05, 0.1) is 5.02 Å². The molecule has 0 radical (unpaired) electrons. The zero-order valence-corrected chi connectivity index (χ0v) is 17.8. The molecule has 6 heteroatoms. The van der Waals surface area contributed by atoms with Gasteiger partial charge in [0, 0.05) is 35.2 Å². The van der Waals surface area contributed by atoms with Gasteiger partial charge in [-0.2, -0.15) is 0 Å². The van der Waals surface area contributed by atoms with Crippen LogP contribution >= 0.6 is 27.5 Å². The van der Waals surface area contributed by atoms with Crippen LogP contribution in [-0.2, 0) is 11.2 Å². The SMILES string of the molecule is OC[C@@H]1C[C@@H](c2ccccc2)[C@]2(c3ccc(Br)cc3)Oc3cc(Cl)cnc3[C@]12O. The van der Waals surface area contributed by atoms with Gasteiger partial charge in [0.2, 0.25) is 0 Å². The topological polar surface area (TPSA) is 62.6 Å². The molecule has 0 saturated heterocycles. The predicted molar refractivity (Wildman–Crippen MR) is 114 cm³/mol. The quantitative estimate of drug-likeness (QED) is 0.576. The van der Waals surface area contributed by atoms with E-state index in [4.69, 9.17) is 16.3 Å². The van der Waals surface area contributed by atoms with Gasteiger partial charge < -0.3 is 14.9 Å². The number of pyridine rings is 1. The molecular weight excluding hydrogens is 454 g/mol. The van der Waals surface area contributed by atoms with Crippen LogP contribution in [0.4, 0.5) is 0 Å². The first-order valence-electron chi connectivity index (χ1n) is 9.50. The van der Waals surface area contributed by atoms with Crippen molar-refractivity contribution in [1.29, 1.82) is 0 Å². The third-order valence-corrected chi connectivity index (χ3v) is 7.05. The van der Waals surface area contributed by atoms with Crippen molar-refractivity contribution in [2.45, 2.75) is 23.5 Å². The average Bonchev–Trinajstić information content (AvgIpc) is 3.13. The largest absolute Gasteiger partial charge is 0.476 e. The van der Waals surface area contributed by atoms with Gasteiger partial charge >= 0.3 is 0 Å². The standard InChI is InChI=1S/C23H19BrClNO3/c24-17-8-6-15(7-9-17)23-19(14-4-2-1-3-5-14)10-16(13-27)22(23,28)21-20(29-23)11-18(25)12-26-21/h1-9,11-12,16,19,27-28H,10,13H2/t16-,19-,22+,23-/m0/s1. The Kier molecular flexibility index (Phi) is 4.48. The first-order chi connectivity index (χ1) is 14.0. The van der Waals surface area contributed by atoms with Crippen LogP contribution < -0.4 is 4.74 Å². The summed E-state index contributed by atoms with van der Waals surface area (Å²) >= 11 is 9.67. The van der Waals surface area contributed by atoms with E-state index in [1.54, 1.807) is 6.07 Å². The number of hydrogen-bond acceptors (Lipinski definition) is 4. The number of ether oxygens (including phenoxy) is 1. The van der Waals surface area contributed by atoms with Crippen molar-refractivity contribution in [2.75, 3.05) is 6.61 Å². The van der Waals surface area contributed by atoms with E-state index < -0.39 is 17.1 Å². The summed E-state index contributed by atoms with van der Waals surface area (Å²) in [6.07, 6.45) is 2.08. The number of hydrogen-bond donors (Lipinski definition) is 2. The highest BCUT2D eigenvalue weighted by atomic mass is 79.9. The number of aliphatic hydroxyl groups excluding tert-OH is 1. The monoisotopic (exact) mass is 471 g/mol. The molecule has 0 bridgehead atoms. The van der Waals surface area contributed by atoms with Gasteiger partial charge in [0.25, 0.3) is 0 Å². The molecule has 1 aromatic heterocycles. The molecule has 2 heterocycles. The molecule has 1 aliphatic carbocycles. The summed E-state index contributed by atoms with van der Waals surface area (Å²) in [6.45, 7) is -0.175. The molecule has 4 nitrogen and oxygen atoms in total. The van der Waals surface area contributed by atoms with Gasteiger partial charge in [0.15, 0.2) is 11.2 Å². The van der Waals surface area contributed by atoms with Crippen molar-refractivity contribution in [2.24, 2.45) is 5.92 Å². The summed E-state index contributed by atoms with van der Waals surface area (Å²) in [5.74, 6) is -0.159. The lowest BCUT2D eigenvalue weighted by atomic mass is 9.71. The van der Waals surface area contributed by atoms with Gasteiger partial charge in [0.1, 0.15) is 11.4 Å². The van der Waals surface area contributed by atoms with Gasteiger partial charge in [-0.3, -0.25) is 4.98 Å². The van der Waals surface area contributed by atoms with Crippen molar-refractivity contribution in [3.63, 3.8) is 0 Å². The number of halogens is 2. The van der Waals surface area contributed by atoms with Gasteiger partial charge in [-0.05, 0) is 29.7 Å². The highest BCUT2D eigenvalue weighted by molar-refractivity contribution is 9.10. The molecule has 1 aliphatic heterocycles. The van der Waals surface area contributed by atoms with Crippen LogP contribution in [0.1, 0.15) is 29.2 Å². The molecule has 5 rings (SSSR count). The maximum Gasteiger partial charge on any atom is 0.175 e. The van der Waals surface area contributed by atoms with Crippen LogP contribution in [0.25, 0.3) is 0 Å². The van der Waals surface area contributed by atoms with Crippen molar-refractivity contribution in [1.82, 2.24) is 4.98 Å². The highest BCUT2D eigenvalue weighted by Gasteiger charge is 2.73. The number of nitrogens with zero attached hydrogens (tertiary/aromatic N) is 1. The van der Waals surface area contributed by atoms with Gasteiger partial charge in [-0.15, -0.1) is 0 Å². The molecular formula is C23H19BrClNO3. The summed E-state index contributed by atoms with van der Waals surface area (Å²) < 4.78 is 7.54. The van der Waals surface area contributed by atoms with E-state index in [2.05, 4.69) is 20.9 Å². The second-order valence-electron chi connectivity index (χ2n) is 7.69. The minimum Gasteiger partial charge on any atom is -0.476 e. The smallest absolute Gasteiger partial charge is 0.175 e. The molecule has 2 aromatic carbocycles. The molecule has 1 saturated carbocycles. The van der Waals surface area contributed by atoms with Crippen LogP contribution in [0.15, 0.2) is 71.3 Å². The van der Waals surface area contributed by atoms with E-state index in [1.807, 2.05) is 54.6 Å². The van der Waals surface area contributed by atoms with E-state index in [0.29, 0.717) is 22.9 Å². The minimum absolute atomic E-state index is 0.175. The third-order valence-electron chi connectivity index (χ3n) is 6.31. The Labute approximate surface area is 182 Å². The van der Waals surface area contributed by atoms with Crippen molar-refractivity contribution in [3.05, 3.63) is 93.2 Å². The third kappa shape index (κ3) is 2.55. The Bertz CT molecular complexity index is 1060. The Morgan fingerprint density at radius 3 is 2.55 bits per heavy atom. The predicted octanol–water partition coefficient (Wildman–Crippen LogP) is 4.77. The number of rotatable bonds is 3. The summed E-state index contributed by atoms with van der Waals surface area (Å²) in [5.41, 5.74) is -0.300. The van der Waals surface area contributed by atoms with Crippen LogP contribution in [-0.4, -0.2) is 21.8 Å². The molecule has 4 atom stereocenters. The lowest BCUT2D eigenvalue weighted by molar-refractivity contribution is -0.136. The zero-order chi connectivity index (χ0) is 20.2. The fraction of sp³-hybridized carbons (Fsp3) is 0.261. The van der Waals surface area contributed by atoms with Gasteiger partial charge in [-0.25, -0.2) is 0 Å². The zero-order valence-electron chi connectivity index (χ0n) is 15.4. The van der Waals surface area contributed by atoms with Crippen LogP contribution in [0.5, 0.6) is 5.75 Å². The molecule has 1 fully saturated rings. The first-order valence-corrected chi connectivity index (χ1v) is 10.7. The van der Waals surface area contributed by atoms with Crippen LogP contribution in [0.2, 0.25) is 5.02 Å². The Balaban J connectivity index is 1.81. The van der Waals surface area contributed by atoms with E-state index in [1.165, 1.54) is 6.20 Å². The lowest BCUT2D eigenvalue weighted by Crippen LogP contribution is -2.51. The average molecular weight is 473 g/mol. The van der Waals surface area contributed by atoms with E-state index in [9.17, 15) is 10.2 Å². The molecule has 148 valence electrons. The fourth-order valence-electron chi connectivity index (χ4n) is 5.11. The Morgan fingerprint density at radius 1 is 1.14 bits per heavy atom. The summed E-state index contributed by atoms with van der Waals surface area (Å²) in [4.78, 5) is 4.46. The summed E-state index contributed by atoms with van der Waals surface area (Å²) in [6, 6.07) is 19.5. The molecule has 0 spiro atoms. The maximum atomic E-state index is 12.2. The maximum absolute atomic E-state index is 12.2. The summed E-state index contributed by atoms with van der Waals surface area (Å²) in [5, 5.41) is 22.9. The number of fused-ring (bicyclic) bond motifs is 3. The second-order valence-corrected chi connectivity index (χ2v) is 9.04. The van der Waals surface area contributed by atoms with E-state index >= 15 is 0 Å². The number of benzene rings is 2. The molecule has 29 heavy (non-hydrogen) atoms. The van der Waals surface area contributed by atoms with Gasteiger partial charge in [-0.1, -0.05) is 70.0 Å². The number of aromatic nitrogens is 1. The Hall–Kier alpha value is -1.92.